The number of carboxylic acids is 1. The number of hydrogen-bond acceptors (Lipinski definition) is 3. The molecule has 1 aliphatic carbocycles. The first-order valence-corrected chi connectivity index (χ1v) is 9.95. The first-order chi connectivity index (χ1) is 12.5. The molecule has 2 atom stereocenters. The lowest BCUT2D eigenvalue weighted by Gasteiger charge is -2.38. The van der Waals surface area contributed by atoms with Crippen LogP contribution in [0.4, 0.5) is 0 Å². The molecule has 1 aromatic carbocycles. The molecule has 142 valence electrons. The SMILES string of the molecule is CCCC(CC)Oc1ccc2c(c1)C[C@H](C)C(CN1CC(C(=O)O)C1)=C2. The maximum atomic E-state index is 11.0. The zero-order valence-corrected chi connectivity index (χ0v) is 16.2. The van der Waals surface area contributed by atoms with Crippen molar-refractivity contribution in [3.63, 3.8) is 0 Å². The van der Waals surface area contributed by atoms with Gasteiger partial charge in [0.25, 0.3) is 0 Å². The van der Waals surface area contributed by atoms with Gasteiger partial charge in [-0.3, -0.25) is 9.69 Å². The van der Waals surface area contributed by atoms with Crippen LogP contribution in [0.25, 0.3) is 6.08 Å². The van der Waals surface area contributed by atoms with Crippen LogP contribution in [0.5, 0.6) is 5.75 Å². The molecular weight excluding hydrogens is 326 g/mol. The van der Waals surface area contributed by atoms with Crippen molar-refractivity contribution in [1.82, 2.24) is 4.90 Å². The highest BCUT2D eigenvalue weighted by Crippen LogP contribution is 2.33. The number of aliphatic carboxylic acids is 1. The first-order valence-electron chi connectivity index (χ1n) is 9.95. The van der Waals surface area contributed by atoms with Gasteiger partial charge in [0.15, 0.2) is 0 Å². The topological polar surface area (TPSA) is 49.8 Å². The Kier molecular flexibility index (Phi) is 6.02. The van der Waals surface area contributed by atoms with Crippen LogP contribution >= 0.6 is 0 Å². The van der Waals surface area contributed by atoms with Crippen molar-refractivity contribution in [3.8, 4) is 5.75 Å². The summed E-state index contributed by atoms with van der Waals surface area (Å²) in [7, 11) is 0. The van der Waals surface area contributed by atoms with E-state index in [2.05, 4.69) is 49.9 Å². The molecule has 4 nitrogen and oxygen atoms in total. The summed E-state index contributed by atoms with van der Waals surface area (Å²) in [4.78, 5) is 13.2. The van der Waals surface area contributed by atoms with Crippen molar-refractivity contribution in [3.05, 3.63) is 34.9 Å². The number of carbonyl (C=O) groups is 1. The maximum Gasteiger partial charge on any atom is 0.309 e. The molecule has 1 aromatic rings. The average molecular weight is 357 g/mol. The van der Waals surface area contributed by atoms with E-state index in [1.54, 1.807) is 0 Å². The fraction of sp³-hybridized carbons (Fsp3) is 0.591. The predicted molar refractivity (Wildman–Crippen MR) is 104 cm³/mol. The highest BCUT2D eigenvalue weighted by molar-refractivity contribution is 5.71. The van der Waals surface area contributed by atoms with Gasteiger partial charge in [-0.1, -0.05) is 44.9 Å². The average Bonchev–Trinajstić information content (AvgIpc) is 2.57. The molecule has 1 aliphatic heterocycles. The lowest BCUT2D eigenvalue weighted by molar-refractivity contribution is -0.147. The normalized spacial score (nSPS) is 21.5. The third-order valence-electron chi connectivity index (χ3n) is 5.70. The zero-order chi connectivity index (χ0) is 18.7. The maximum absolute atomic E-state index is 11.0. The summed E-state index contributed by atoms with van der Waals surface area (Å²) in [6.07, 6.45) is 6.91. The van der Waals surface area contributed by atoms with Gasteiger partial charge in [0, 0.05) is 19.6 Å². The summed E-state index contributed by atoms with van der Waals surface area (Å²) < 4.78 is 6.17. The third kappa shape index (κ3) is 4.29. The zero-order valence-electron chi connectivity index (χ0n) is 16.2. The fourth-order valence-electron chi connectivity index (χ4n) is 3.95. The molecule has 0 amide bonds. The van der Waals surface area contributed by atoms with E-state index in [0.29, 0.717) is 25.1 Å². The van der Waals surface area contributed by atoms with E-state index in [0.717, 1.165) is 38.0 Å². The Morgan fingerprint density at radius 2 is 2.12 bits per heavy atom. The molecule has 0 saturated carbocycles. The summed E-state index contributed by atoms with van der Waals surface area (Å²) >= 11 is 0. The molecule has 1 fully saturated rings. The van der Waals surface area contributed by atoms with Crippen molar-refractivity contribution in [2.24, 2.45) is 11.8 Å². The van der Waals surface area contributed by atoms with Crippen LogP contribution in [0, 0.1) is 11.8 Å². The number of carboxylic acid groups (broad SMARTS) is 1. The van der Waals surface area contributed by atoms with Crippen molar-refractivity contribution >= 4 is 12.0 Å². The van der Waals surface area contributed by atoms with Gasteiger partial charge < -0.3 is 9.84 Å². The molecule has 2 aliphatic rings. The molecule has 4 heteroatoms. The Hall–Kier alpha value is -1.81. The first kappa shape index (κ1) is 19.0. The summed E-state index contributed by atoms with van der Waals surface area (Å²) in [5.74, 6) is 0.619. The van der Waals surface area contributed by atoms with E-state index in [1.807, 2.05) is 0 Å². The summed E-state index contributed by atoms with van der Waals surface area (Å²) in [6, 6.07) is 6.47. The standard InChI is InChI=1S/C22H31NO3/c1-4-6-20(5-2)26-21-8-7-16-10-18(15(3)9-17(16)11-21)12-23-13-19(14-23)22(24)25/h7-8,10-11,15,19-20H,4-6,9,12-14H2,1-3H3,(H,24,25)/t15-,20?/m0/s1. The van der Waals surface area contributed by atoms with Crippen molar-refractivity contribution in [2.45, 2.75) is 52.6 Å². The van der Waals surface area contributed by atoms with E-state index >= 15 is 0 Å². The number of hydrogen-bond donors (Lipinski definition) is 1. The fourth-order valence-corrected chi connectivity index (χ4v) is 3.95. The van der Waals surface area contributed by atoms with Crippen LogP contribution in [0.15, 0.2) is 23.8 Å². The van der Waals surface area contributed by atoms with Gasteiger partial charge in [-0.2, -0.15) is 0 Å². The molecule has 0 bridgehead atoms. The number of rotatable bonds is 8. The van der Waals surface area contributed by atoms with Gasteiger partial charge >= 0.3 is 5.97 Å². The molecule has 1 saturated heterocycles. The molecule has 3 rings (SSSR count). The van der Waals surface area contributed by atoms with Crippen molar-refractivity contribution in [2.75, 3.05) is 19.6 Å². The van der Waals surface area contributed by atoms with Crippen molar-refractivity contribution in [1.29, 1.82) is 0 Å². The number of nitrogens with zero attached hydrogens (tertiary/aromatic N) is 1. The van der Waals surface area contributed by atoms with Gasteiger partial charge in [0.1, 0.15) is 5.75 Å². The largest absolute Gasteiger partial charge is 0.490 e. The highest BCUT2D eigenvalue weighted by Gasteiger charge is 2.33. The second kappa shape index (κ2) is 8.26. The monoisotopic (exact) mass is 357 g/mol. The second-order valence-corrected chi connectivity index (χ2v) is 7.85. The Bertz CT molecular complexity index is 676. The second-order valence-electron chi connectivity index (χ2n) is 7.85. The minimum atomic E-state index is -0.668. The number of fused-ring (bicyclic) bond motifs is 1. The molecule has 1 N–H and O–H groups in total. The Balaban J connectivity index is 1.66. The van der Waals surface area contributed by atoms with Gasteiger partial charge in [0.2, 0.25) is 0 Å². The Morgan fingerprint density at radius 3 is 2.77 bits per heavy atom. The highest BCUT2D eigenvalue weighted by atomic mass is 16.5. The van der Waals surface area contributed by atoms with Crippen LogP contribution in [0.1, 0.15) is 51.2 Å². The van der Waals surface area contributed by atoms with Crippen LogP contribution in [0.2, 0.25) is 0 Å². The van der Waals surface area contributed by atoms with Gasteiger partial charge in [-0.15, -0.1) is 0 Å². The number of ether oxygens (including phenoxy) is 1. The molecule has 0 aromatic heterocycles. The Labute approximate surface area is 156 Å². The molecule has 0 radical (unpaired) electrons. The van der Waals surface area contributed by atoms with Gasteiger partial charge in [0.05, 0.1) is 12.0 Å². The lowest BCUT2D eigenvalue weighted by atomic mass is 9.83. The minimum Gasteiger partial charge on any atom is -0.490 e. The van der Waals surface area contributed by atoms with Gasteiger partial charge in [-0.05, 0) is 48.4 Å². The molecule has 1 heterocycles. The van der Waals surface area contributed by atoms with Crippen LogP contribution in [-0.4, -0.2) is 41.7 Å². The molecule has 1 unspecified atom stereocenters. The number of likely N-dealkylation sites (tertiary alicyclic amines) is 1. The molecule has 26 heavy (non-hydrogen) atoms. The number of benzene rings is 1. The van der Waals surface area contributed by atoms with Crippen LogP contribution in [0.3, 0.4) is 0 Å². The quantitative estimate of drug-likeness (QED) is 0.756. The predicted octanol–water partition coefficient (Wildman–Crippen LogP) is 4.24. The summed E-state index contributed by atoms with van der Waals surface area (Å²) in [5, 5.41) is 9.03. The smallest absolute Gasteiger partial charge is 0.309 e. The van der Waals surface area contributed by atoms with E-state index in [1.165, 1.54) is 16.7 Å². The summed E-state index contributed by atoms with van der Waals surface area (Å²) in [5.41, 5.74) is 4.05. The Morgan fingerprint density at radius 1 is 1.35 bits per heavy atom. The van der Waals surface area contributed by atoms with Crippen molar-refractivity contribution < 1.29 is 14.6 Å². The lowest BCUT2D eigenvalue weighted by Crippen LogP contribution is -2.51. The van der Waals surface area contributed by atoms with E-state index in [-0.39, 0.29) is 5.92 Å². The van der Waals surface area contributed by atoms with E-state index < -0.39 is 5.97 Å². The third-order valence-corrected chi connectivity index (χ3v) is 5.70. The van der Waals surface area contributed by atoms with E-state index in [9.17, 15) is 4.79 Å². The molecular formula is C22H31NO3. The van der Waals surface area contributed by atoms with Crippen LogP contribution < -0.4 is 4.74 Å². The molecule has 0 spiro atoms. The van der Waals surface area contributed by atoms with E-state index in [4.69, 9.17) is 9.84 Å². The van der Waals surface area contributed by atoms with Gasteiger partial charge in [-0.25, -0.2) is 0 Å². The summed E-state index contributed by atoms with van der Waals surface area (Å²) in [6.45, 7) is 8.88. The minimum absolute atomic E-state index is 0.184. The van der Waals surface area contributed by atoms with Crippen LogP contribution in [-0.2, 0) is 11.2 Å².